The Morgan fingerprint density at radius 2 is 1.74 bits per heavy atom. The Bertz CT molecular complexity index is 1150. The standard InChI is InChI=1S/C19H13F3N4S/c20-14-6-3-11(4-7-14)18-17(19(12-1-2-12)26(24-18)27-22)13-5-8-16-23-9-15(21)25(16)10-13/h3-10,12H,1-2H2. The van der Waals surface area contributed by atoms with Crippen LogP contribution < -0.4 is 0 Å². The van der Waals surface area contributed by atoms with E-state index in [-0.39, 0.29) is 24.1 Å². The molecule has 0 amide bonds. The fourth-order valence-electron chi connectivity index (χ4n) is 3.37. The third-order valence-corrected chi connectivity index (χ3v) is 5.20. The number of nitrogens with zero attached hydrogens (tertiary/aromatic N) is 4. The van der Waals surface area contributed by atoms with Crippen LogP contribution in [0.25, 0.3) is 28.0 Å². The Morgan fingerprint density at radius 3 is 2.44 bits per heavy atom. The molecule has 136 valence electrons. The lowest BCUT2D eigenvalue weighted by Crippen LogP contribution is -1.95. The predicted molar refractivity (Wildman–Crippen MR) is 97.8 cm³/mol. The van der Waals surface area contributed by atoms with E-state index in [9.17, 15) is 12.7 Å². The van der Waals surface area contributed by atoms with Crippen molar-refractivity contribution >= 4 is 18.0 Å². The largest absolute Gasteiger partial charge is 0.276 e. The van der Waals surface area contributed by atoms with Gasteiger partial charge in [0.2, 0.25) is 5.95 Å². The van der Waals surface area contributed by atoms with Crippen molar-refractivity contribution in [3.05, 3.63) is 66.3 Å². The maximum Gasteiger partial charge on any atom is 0.217 e. The molecule has 0 saturated heterocycles. The smallest absolute Gasteiger partial charge is 0.217 e. The molecule has 0 radical (unpaired) electrons. The molecule has 1 aliphatic carbocycles. The van der Waals surface area contributed by atoms with Gasteiger partial charge in [0.1, 0.15) is 17.2 Å². The molecule has 3 heterocycles. The van der Waals surface area contributed by atoms with Gasteiger partial charge in [0.05, 0.1) is 11.9 Å². The highest BCUT2D eigenvalue weighted by Crippen LogP contribution is 2.48. The van der Waals surface area contributed by atoms with Crippen LogP contribution >= 0.6 is 12.3 Å². The highest BCUT2D eigenvalue weighted by Gasteiger charge is 2.34. The summed E-state index contributed by atoms with van der Waals surface area (Å²) in [7, 11) is 0. The van der Waals surface area contributed by atoms with Crippen LogP contribution in [0.4, 0.5) is 12.7 Å². The van der Waals surface area contributed by atoms with E-state index < -0.39 is 5.95 Å². The van der Waals surface area contributed by atoms with Crippen LogP contribution in [0.1, 0.15) is 24.5 Å². The molecule has 1 aliphatic rings. The van der Waals surface area contributed by atoms with E-state index >= 15 is 0 Å². The normalized spacial score (nSPS) is 14.2. The van der Waals surface area contributed by atoms with Crippen LogP contribution in [0.2, 0.25) is 0 Å². The lowest BCUT2D eigenvalue weighted by atomic mass is 9.98. The quantitative estimate of drug-likeness (QED) is 0.471. The summed E-state index contributed by atoms with van der Waals surface area (Å²) in [6.07, 6.45) is 4.69. The molecule has 1 aromatic carbocycles. The maximum absolute atomic E-state index is 14.0. The van der Waals surface area contributed by atoms with E-state index in [1.54, 1.807) is 24.4 Å². The summed E-state index contributed by atoms with van der Waals surface area (Å²) >= 11 is 0.0379. The Kier molecular flexibility index (Phi) is 3.75. The molecular formula is C19H13F3N4S. The number of benzene rings is 1. The van der Waals surface area contributed by atoms with Gasteiger partial charge in [0, 0.05) is 28.8 Å². The molecule has 0 aliphatic heterocycles. The predicted octanol–water partition coefficient (Wildman–Crippen LogP) is 5.40. The van der Waals surface area contributed by atoms with Crippen LogP contribution in [-0.2, 0) is 0 Å². The van der Waals surface area contributed by atoms with Gasteiger partial charge in [0.15, 0.2) is 12.3 Å². The molecule has 4 nitrogen and oxygen atoms in total. The first-order chi connectivity index (χ1) is 13.2. The zero-order valence-electron chi connectivity index (χ0n) is 13.9. The van der Waals surface area contributed by atoms with Gasteiger partial charge >= 0.3 is 0 Å². The molecule has 0 spiro atoms. The van der Waals surface area contributed by atoms with Crippen molar-refractivity contribution in [1.29, 1.82) is 0 Å². The fourth-order valence-corrected chi connectivity index (χ4v) is 3.80. The first-order valence-corrected chi connectivity index (χ1v) is 9.14. The van der Waals surface area contributed by atoms with Gasteiger partial charge in [-0.1, -0.05) is 0 Å². The molecule has 27 heavy (non-hydrogen) atoms. The number of pyridine rings is 1. The van der Waals surface area contributed by atoms with E-state index in [0.717, 1.165) is 30.3 Å². The first kappa shape index (κ1) is 16.4. The molecule has 3 aromatic heterocycles. The summed E-state index contributed by atoms with van der Waals surface area (Å²) in [5.74, 6) is -0.632. The highest BCUT2D eigenvalue weighted by molar-refractivity contribution is 7.92. The minimum Gasteiger partial charge on any atom is -0.276 e. The Hall–Kier alpha value is -2.74. The second-order valence-electron chi connectivity index (χ2n) is 6.56. The highest BCUT2D eigenvalue weighted by atomic mass is 32.2. The van der Waals surface area contributed by atoms with Gasteiger partial charge in [-0.3, -0.25) is 4.40 Å². The Labute approximate surface area is 157 Å². The number of hydrogen-bond donors (Lipinski definition) is 0. The summed E-state index contributed by atoms with van der Waals surface area (Å²) in [4.78, 5) is 4.00. The van der Waals surface area contributed by atoms with E-state index in [1.807, 2.05) is 6.07 Å². The SMILES string of the molecule is FSn1nc(-c2ccc(F)cc2)c(-c2ccc3ncc(F)n3c2)c1C1CC1. The molecule has 0 atom stereocenters. The van der Waals surface area contributed by atoms with Crippen LogP contribution in [-0.4, -0.2) is 18.6 Å². The van der Waals surface area contributed by atoms with Crippen molar-refractivity contribution in [2.75, 3.05) is 0 Å². The lowest BCUT2D eigenvalue weighted by Gasteiger charge is -2.08. The second kappa shape index (κ2) is 6.16. The van der Waals surface area contributed by atoms with Crippen molar-refractivity contribution in [3.8, 4) is 22.4 Å². The minimum atomic E-state index is -0.476. The molecule has 5 rings (SSSR count). The number of halogens is 3. The zero-order chi connectivity index (χ0) is 18.5. The van der Waals surface area contributed by atoms with Crippen molar-refractivity contribution in [3.63, 3.8) is 0 Å². The van der Waals surface area contributed by atoms with Crippen molar-refractivity contribution < 1.29 is 12.7 Å². The summed E-state index contributed by atoms with van der Waals surface area (Å²) in [5.41, 5.74) is 3.92. The van der Waals surface area contributed by atoms with Gasteiger partial charge in [0.25, 0.3) is 0 Å². The number of fused-ring (bicyclic) bond motifs is 1. The van der Waals surface area contributed by atoms with E-state index in [2.05, 4.69) is 10.1 Å². The van der Waals surface area contributed by atoms with Gasteiger partial charge < -0.3 is 0 Å². The van der Waals surface area contributed by atoms with Crippen molar-refractivity contribution in [2.24, 2.45) is 0 Å². The molecule has 0 N–H and O–H groups in total. The molecule has 1 saturated carbocycles. The molecule has 0 unspecified atom stereocenters. The minimum absolute atomic E-state index is 0.0379. The van der Waals surface area contributed by atoms with Crippen LogP contribution in [0, 0.1) is 11.8 Å². The number of imidazole rings is 1. The Balaban J connectivity index is 1.78. The fraction of sp³-hybridized carbons (Fsp3) is 0.158. The van der Waals surface area contributed by atoms with Crippen LogP contribution in [0.15, 0.2) is 48.8 Å². The number of hydrogen-bond acceptors (Lipinski definition) is 3. The molecule has 1 fully saturated rings. The maximum atomic E-state index is 14.0. The zero-order valence-corrected chi connectivity index (χ0v) is 14.8. The average molecular weight is 386 g/mol. The van der Waals surface area contributed by atoms with E-state index in [4.69, 9.17) is 0 Å². The van der Waals surface area contributed by atoms with Crippen molar-refractivity contribution in [2.45, 2.75) is 18.8 Å². The molecule has 8 heteroatoms. The monoisotopic (exact) mass is 386 g/mol. The van der Waals surface area contributed by atoms with Crippen LogP contribution in [0.5, 0.6) is 0 Å². The number of aromatic nitrogens is 4. The van der Waals surface area contributed by atoms with E-state index in [1.165, 1.54) is 20.6 Å². The summed E-state index contributed by atoms with van der Waals surface area (Å²) in [6.45, 7) is 0. The van der Waals surface area contributed by atoms with Crippen LogP contribution in [0.3, 0.4) is 0 Å². The number of rotatable bonds is 4. The van der Waals surface area contributed by atoms with Crippen molar-refractivity contribution in [1.82, 2.24) is 18.6 Å². The summed E-state index contributed by atoms with van der Waals surface area (Å²) in [5, 5.41) is 4.42. The summed E-state index contributed by atoms with van der Waals surface area (Å²) < 4.78 is 43.6. The van der Waals surface area contributed by atoms with E-state index in [0.29, 0.717) is 22.5 Å². The molecule has 4 aromatic rings. The lowest BCUT2D eigenvalue weighted by molar-refractivity contribution is 0.573. The Morgan fingerprint density at radius 1 is 1.00 bits per heavy atom. The topological polar surface area (TPSA) is 35.1 Å². The third kappa shape index (κ3) is 2.71. The van der Waals surface area contributed by atoms with Gasteiger partial charge in [-0.25, -0.2) is 9.37 Å². The second-order valence-corrected chi connectivity index (χ2v) is 7.04. The summed E-state index contributed by atoms with van der Waals surface area (Å²) in [6, 6.07) is 9.45. The molecule has 0 bridgehead atoms. The average Bonchev–Trinajstić information content (AvgIpc) is 3.36. The molecular weight excluding hydrogens is 373 g/mol. The van der Waals surface area contributed by atoms with Gasteiger partial charge in [-0.2, -0.15) is 13.6 Å². The third-order valence-electron chi connectivity index (χ3n) is 4.79. The van der Waals surface area contributed by atoms with Gasteiger partial charge in [-0.15, -0.1) is 3.89 Å². The van der Waals surface area contributed by atoms with Gasteiger partial charge in [-0.05, 0) is 49.2 Å². The first-order valence-electron chi connectivity index (χ1n) is 8.46.